The summed E-state index contributed by atoms with van der Waals surface area (Å²) in [6.07, 6.45) is 7.73. The maximum atomic E-state index is 11.5. The maximum absolute atomic E-state index is 11.5. The molecular weight excluding hydrogens is 178 g/mol. The Morgan fingerprint density at radius 2 is 2.14 bits per heavy atom. The van der Waals surface area contributed by atoms with Gasteiger partial charge in [-0.1, -0.05) is 0 Å². The molecule has 0 fully saturated rings. The molecule has 0 aliphatic heterocycles. The van der Waals surface area contributed by atoms with Gasteiger partial charge in [-0.3, -0.25) is 4.79 Å². The van der Waals surface area contributed by atoms with Crippen LogP contribution in [0.15, 0.2) is 0 Å². The normalized spacial score (nSPS) is 10.7. The van der Waals surface area contributed by atoms with E-state index in [1.807, 2.05) is 0 Å². The summed E-state index contributed by atoms with van der Waals surface area (Å²) in [5, 5.41) is 2.80. The molecule has 0 aliphatic rings. The number of carbonyl (C=O) groups excluding carboxylic acids is 1. The number of ether oxygens (including phenoxy) is 1. The number of methoxy groups -OCH3 is 1. The van der Waals surface area contributed by atoms with Gasteiger partial charge in [0, 0.05) is 20.1 Å². The van der Waals surface area contributed by atoms with E-state index in [1.54, 1.807) is 13.8 Å². The summed E-state index contributed by atoms with van der Waals surface area (Å²) in [6, 6.07) is 0. The second kappa shape index (κ2) is 6.44. The van der Waals surface area contributed by atoms with Gasteiger partial charge in [-0.15, -0.1) is 12.3 Å². The summed E-state index contributed by atoms with van der Waals surface area (Å²) in [5.74, 6) is 2.48. The number of rotatable bonds is 6. The van der Waals surface area contributed by atoms with Crippen LogP contribution in [0, 0.1) is 12.3 Å². The van der Waals surface area contributed by atoms with Gasteiger partial charge in [0.05, 0.1) is 0 Å². The number of terminal acetylenes is 1. The fourth-order valence-corrected chi connectivity index (χ4v) is 0.860. The summed E-state index contributed by atoms with van der Waals surface area (Å²) in [7, 11) is 1.53. The zero-order chi connectivity index (χ0) is 11.0. The first-order chi connectivity index (χ1) is 6.54. The van der Waals surface area contributed by atoms with E-state index >= 15 is 0 Å². The van der Waals surface area contributed by atoms with Gasteiger partial charge < -0.3 is 10.1 Å². The molecule has 0 aromatic rings. The van der Waals surface area contributed by atoms with Crippen LogP contribution in [0.5, 0.6) is 0 Å². The zero-order valence-electron chi connectivity index (χ0n) is 9.22. The second-order valence-electron chi connectivity index (χ2n) is 3.63. The van der Waals surface area contributed by atoms with Crippen LogP contribution in [-0.2, 0) is 9.53 Å². The summed E-state index contributed by atoms with van der Waals surface area (Å²) in [4.78, 5) is 11.5. The van der Waals surface area contributed by atoms with Gasteiger partial charge in [-0.25, -0.2) is 0 Å². The number of hydrogen-bond donors (Lipinski definition) is 1. The molecule has 0 heterocycles. The quantitative estimate of drug-likeness (QED) is 0.515. The minimum absolute atomic E-state index is 0.0827. The summed E-state index contributed by atoms with van der Waals surface area (Å²) in [5.41, 5.74) is -0.744. The monoisotopic (exact) mass is 197 g/mol. The molecule has 0 saturated heterocycles. The molecule has 0 spiro atoms. The molecule has 0 bridgehead atoms. The Hall–Kier alpha value is -1.01. The number of carbonyl (C=O) groups is 1. The molecular formula is C11H19NO2. The molecule has 1 amide bonds. The fraction of sp³-hybridized carbons (Fsp3) is 0.727. The highest BCUT2D eigenvalue weighted by molar-refractivity contribution is 5.84. The Labute approximate surface area is 86.2 Å². The molecule has 80 valence electrons. The summed E-state index contributed by atoms with van der Waals surface area (Å²) in [6.45, 7) is 4.14. The molecule has 0 aliphatic carbocycles. The Kier molecular flexibility index (Phi) is 5.98. The molecule has 0 aromatic carbocycles. The highest BCUT2D eigenvalue weighted by atomic mass is 16.5. The van der Waals surface area contributed by atoms with Crippen LogP contribution in [0.2, 0.25) is 0 Å². The van der Waals surface area contributed by atoms with Gasteiger partial charge in [-0.2, -0.15) is 0 Å². The third kappa shape index (κ3) is 4.88. The van der Waals surface area contributed by atoms with Gasteiger partial charge in [-0.05, 0) is 26.7 Å². The average Bonchev–Trinajstić information content (AvgIpc) is 2.17. The zero-order valence-corrected chi connectivity index (χ0v) is 9.22. The lowest BCUT2D eigenvalue weighted by Gasteiger charge is -2.21. The van der Waals surface area contributed by atoms with Gasteiger partial charge in [0.2, 0.25) is 0 Å². The predicted molar refractivity (Wildman–Crippen MR) is 56.8 cm³/mol. The topological polar surface area (TPSA) is 38.3 Å². The third-order valence-electron chi connectivity index (χ3n) is 2.09. The lowest BCUT2D eigenvalue weighted by Crippen LogP contribution is -2.43. The van der Waals surface area contributed by atoms with Crippen molar-refractivity contribution in [1.82, 2.24) is 5.32 Å². The molecule has 1 N–H and O–H groups in total. The van der Waals surface area contributed by atoms with Crippen LogP contribution >= 0.6 is 0 Å². The molecule has 3 nitrogen and oxygen atoms in total. The van der Waals surface area contributed by atoms with Gasteiger partial charge in [0.1, 0.15) is 5.60 Å². The Balaban J connectivity index is 3.60. The third-order valence-corrected chi connectivity index (χ3v) is 2.09. The lowest BCUT2D eigenvalue weighted by atomic mass is 10.1. The maximum Gasteiger partial charge on any atom is 0.251 e. The van der Waals surface area contributed by atoms with Crippen molar-refractivity contribution in [1.29, 1.82) is 0 Å². The van der Waals surface area contributed by atoms with E-state index < -0.39 is 5.60 Å². The average molecular weight is 197 g/mol. The number of amides is 1. The molecule has 0 saturated carbocycles. The highest BCUT2D eigenvalue weighted by Crippen LogP contribution is 2.06. The summed E-state index contributed by atoms with van der Waals surface area (Å²) < 4.78 is 5.03. The van der Waals surface area contributed by atoms with Crippen molar-refractivity contribution >= 4 is 5.91 Å². The lowest BCUT2D eigenvalue weighted by molar-refractivity contribution is -0.139. The van der Waals surface area contributed by atoms with Gasteiger partial charge in [0.25, 0.3) is 5.91 Å². The Morgan fingerprint density at radius 3 is 2.64 bits per heavy atom. The largest absolute Gasteiger partial charge is 0.369 e. The predicted octanol–water partition coefficient (Wildman–Crippen LogP) is 1.33. The fourth-order valence-electron chi connectivity index (χ4n) is 0.860. The van der Waals surface area contributed by atoms with E-state index in [9.17, 15) is 4.79 Å². The van der Waals surface area contributed by atoms with Crippen LogP contribution < -0.4 is 5.32 Å². The highest BCUT2D eigenvalue weighted by Gasteiger charge is 2.25. The van der Waals surface area contributed by atoms with Crippen LogP contribution in [0.4, 0.5) is 0 Å². The van der Waals surface area contributed by atoms with Crippen molar-refractivity contribution < 1.29 is 9.53 Å². The van der Waals surface area contributed by atoms with Crippen LogP contribution in [0.3, 0.4) is 0 Å². The van der Waals surface area contributed by atoms with Crippen LogP contribution in [0.1, 0.15) is 33.1 Å². The van der Waals surface area contributed by atoms with Crippen molar-refractivity contribution in [3.8, 4) is 12.3 Å². The van der Waals surface area contributed by atoms with Crippen LogP contribution in [0.25, 0.3) is 0 Å². The van der Waals surface area contributed by atoms with E-state index in [0.717, 1.165) is 19.3 Å². The van der Waals surface area contributed by atoms with E-state index in [-0.39, 0.29) is 5.91 Å². The van der Waals surface area contributed by atoms with E-state index in [1.165, 1.54) is 7.11 Å². The van der Waals surface area contributed by atoms with Gasteiger partial charge in [0.15, 0.2) is 0 Å². The Bertz CT molecular complexity index is 216. The van der Waals surface area contributed by atoms with E-state index in [4.69, 9.17) is 11.2 Å². The van der Waals surface area contributed by atoms with Crippen molar-refractivity contribution in [2.45, 2.75) is 38.7 Å². The second-order valence-corrected chi connectivity index (χ2v) is 3.63. The minimum Gasteiger partial charge on any atom is -0.369 e. The molecule has 0 rings (SSSR count). The number of nitrogens with one attached hydrogen (secondary N) is 1. The van der Waals surface area contributed by atoms with Gasteiger partial charge >= 0.3 is 0 Å². The van der Waals surface area contributed by atoms with Crippen LogP contribution in [-0.4, -0.2) is 25.2 Å². The molecule has 0 radical (unpaired) electrons. The molecule has 14 heavy (non-hydrogen) atoms. The molecule has 0 unspecified atom stereocenters. The molecule has 3 heteroatoms. The van der Waals surface area contributed by atoms with Crippen molar-refractivity contribution in [3.05, 3.63) is 0 Å². The van der Waals surface area contributed by atoms with E-state index in [2.05, 4.69) is 11.2 Å². The van der Waals surface area contributed by atoms with E-state index in [0.29, 0.717) is 6.54 Å². The first-order valence-electron chi connectivity index (χ1n) is 4.81. The SMILES string of the molecule is C#CCCCCNC(=O)C(C)(C)OC. The molecule has 0 aromatic heterocycles. The number of hydrogen-bond acceptors (Lipinski definition) is 2. The smallest absolute Gasteiger partial charge is 0.251 e. The Morgan fingerprint density at radius 1 is 1.50 bits per heavy atom. The molecule has 0 atom stereocenters. The minimum atomic E-state index is -0.744. The van der Waals surface area contributed by atoms with Crippen molar-refractivity contribution in [2.75, 3.05) is 13.7 Å². The number of unbranched alkanes of at least 4 members (excludes halogenated alkanes) is 2. The summed E-state index contributed by atoms with van der Waals surface area (Å²) >= 11 is 0. The first kappa shape index (κ1) is 13.0. The standard InChI is InChI=1S/C11H19NO2/c1-5-6-7-8-9-12-10(13)11(2,3)14-4/h1H,6-9H2,2-4H3,(H,12,13). The van der Waals surface area contributed by atoms with Crippen molar-refractivity contribution in [2.24, 2.45) is 0 Å². The first-order valence-corrected chi connectivity index (χ1v) is 4.81. The van der Waals surface area contributed by atoms with Crippen molar-refractivity contribution in [3.63, 3.8) is 0 Å².